The lowest BCUT2D eigenvalue weighted by Gasteiger charge is -2.46. The molecule has 1 aliphatic heterocycles. The van der Waals surface area contributed by atoms with Gasteiger partial charge in [0.15, 0.2) is 0 Å². The van der Waals surface area contributed by atoms with Crippen LogP contribution in [0.3, 0.4) is 0 Å². The number of carbonyl (C=O) groups is 1. The third kappa shape index (κ3) is 3.84. The van der Waals surface area contributed by atoms with Gasteiger partial charge in [-0.15, -0.1) is 0 Å². The molecule has 1 amide bonds. The lowest BCUT2D eigenvalue weighted by Crippen LogP contribution is -2.64. The molecule has 26 heavy (non-hydrogen) atoms. The average molecular weight is 354 g/mol. The fourth-order valence-electron chi connectivity index (χ4n) is 3.43. The van der Waals surface area contributed by atoms with Crippen LogP contribution in [0.1, 0.15) is 34.3 Å². The summed E-state index contributed by atoms with van der Waals surface area (Å²) in [6.07, 6.45) is 4.01. The Morgan fingerprint density at radius 2 is 1.92 bits per heavy atom. The van der Waals surface area contributed by atoms with Gasteiger partial charge in [-0.05, 0) is 30.2 Å². The van der Waals surface area contributed by atoms with Crippen LogP contribution in [-0.4, -0.2) is 36.2 Å². The maximum absolute atomic E-state index is 13.7. The van der Waals surface area contributed by atoms with Crippen LogP contribution < -0.4 is 10.6 Å². The fraction of sp³-hybridized carbons (Fsp3) is 0.286. The van der Waals surface area contributed by atoms with E-state index in [0.29, 0.717) is 6.54 Å². The van der Waals surface area contributed by atoms with E-state index in [2.05, 4.69) is 22.8 Å². The molecule has 1 saturated heterocycles. The van der Waals surface area contributed by atoms with Crippen molar-refractivity contribution in [2.75, 3.05) is 13.2 Å². The van der Waals surface area contributed by atoms with E-state index in [9.17, 15) is 14.3 Å². The van der Waals surface area contributed by atoms with Crippen LogP contribution in [0.4, 0.5) is 4.39 Å². The molecular weight excluding hydrogens is 331 g/mol. The SMILES string of the molecule is C/C=C/c1ccc([C@H]2[C@@H](CO)N[C@@H]2CNC(=O)c2ccccc2F)cc1. The summed E-state index contributed by atoms with van der Waals surface area (Å²) in [7, 11) is 0. The minimum Gasteiger partial charge on any atom is -0.395 e. The summed E-state index contributed by atoms with van der Waals surface area (Å²) < 4.78 is 13.7. The average Bonchev–Trinajstić information content (AvgIpc) is 2.63. The van der Waals surface area contributed by atoms with E-state index in [1.165, 1.54) is 12.1 Å². The molecule has 3 atom stereocenters. The molecule has 0 aromatic heterocycles. The largest absolute Gasteiger partial charge is 0.395 e. The van der Waals surface area contributed by atoms with Crippen molar-refractivity contribution in [3.05, 3.63) is 77.1 Å². The number of aliphatic hydroxyl groups is 1. The monoisotopic (exact) mass is 354 g/mol. The van der Waals surface area contributed by atoms with E-state index < -0.39 is 11.7 Å². The molecule has 1 heterocycles. The predicted molar refractivity (Wildman–Crippen MR) is 100 cm³/mol. The van der Waals surface area contributed by atoms with Crippen LogP contribution in [0.15, 0.2) is 54.6 Å². The predicted octanol–water partition coefficient (Wildman–Crippen LogP) is 2.71. The molecule has 2 aromatic rings. The first kappa shape index (κ1) is 18.3. The Hall–Kier alpha value is -2.50. The topological polar surface area (TPSA) is 61.4 Å². The van der Waals surface area contributed by atoms with E-state index in [4.69, 9.17) is 0 Å². The second-order valence-electron chi connectivity index (χ2n) is 6.44. The molecule has 136 valence electrons. The molecule has 3 N–H and O–H groups in total. The van der Waals surface area contributed by atoms with Gasteiger partial charge in [0.1, 0.15) is 5.82 Å². The van der Waals surface area contributed by atoms with Gasteiger partial charge in [0.2, 0.25) is 0 Å². The van der Waals surface area contributed by atoms with Gasteiger partial charge in [0.25, 0.3) is 5.91 Å². The molecule has 4 nitrogen and oxygen atoms in total. The second kappa shape index (κ2) is 8.25. The molecule has 1 aliphatic rings. The molecule has 5 heteroatoms. The minimum atomic E-state index is -0.532. The molecule has 0 unspecified atom stereocenters. The molecule has 0 bridgehead atoms. The first-order chi connectivity index (χ1) is 12.6. The molecule has 0 radical (unpaired) electrons. The Bertz CT molecular complexity index is 789. The smallest absolute Gasteiger partial charge is 0.254 e. The molecule has 0 aliphatic carbocycles. The second-order valence-corrected chi connectivity index (χ2v) is 6.44. The van der Waals surface area contributed by atoms with Crippen LogP contribution in [0.2, 0.25) is 0 Å². The number of hydrogen-bond acceptors (Lipinski definition) is 3. The number of nitrogens with one attached hydrogen (secondary N) is 2. The van der Waals surface area contributed by atoms with E-state index in [1.54, 1.807) is 12.1 Å². The van der Waals surface area contributed by atoms with Crippen molar-refractivity contribution in [2.45, 2.75) is 24.9 Å². The van der Waals surface area contributed by atoms with Gasteiger partial charge in [0, 0.05) is 24.5 Å². The number of allylic oxidation sites excluding steroid dienone is 1. The molecular formula is C21H23FN2O2. The first-order valence-electron chi connectivity index (χ1n) is 8.76. The van der Waals surface area contributed by atoms with Crippen LogP contribution in [-0.2, 0) is 0 Å². The quantitative estimate of drug-likeness (QED) is 0.747. The summed E-state index contributed by atoms with van der Waals surface area (Å²) in [6.45, 7) is 2.36. The van der Waals surface area contributed by atoms with Gasteiger partial charge in [-0.25, -0.2) is 4.39 Å². The van der Waals surface area contributed by atoms with Crippen molar-refractivity contribution in [2.24, 2.45) is 0 Å². The minimum absolute atomic E-state index is 0.00422. The van der Waals surface area contributed by atoms with Gasteiger partial charge < -0.3 is 15.7 Å². The summed E-state index contributed by atoms with van der Waals surface area (Å²) in [4.78, 5) is 12.2. The van der Waals surface area contributed by atoms with Crippen molar-refractivity contribution in [1.29, 1.82) is 0 Å². The van der Waals surface area contributed by atoms with Crippen LogP contribution in [0, 0.1) is 5.82 Å². The van der Waals surface area contributed by atoms with E-state index in [0.717, 1.165) is 11.1 Å². The highest BCUT2D eigenvalue weighted by Gasteiger charge is 2.40. The highest BCUT2D eigenvalue weighted by Crippen LogP contribution is 2.32. The van der Waals surface area contributed by atoms with Gasteiger partial charge >= 0.3 is 0 Å². The zero-order chi connectivity index (χ0) is 18.5. The maximum Gasteiger partial charge on any atom is 0.254 e. The van der Waals surface area contributed by atoms with Gasteiger partial charge in [-0.1, -0.05) is 48.6 Å². The van der Waals surface area contributed by atoms with Crippen LogP contribution >= 0.6 is 0 Å². The number of amides is 1. The van der Waals surface area contributed by atoms with Crippen molar-refractivity contribution >= 4 is 12.0 Å². The molecule has 0 saturated carbocycles. The van der Waals surface area contributed by atoms with Crippen LogP contribution in [0.25, 0.3) is 6.08 Å². The number of halogens is 1. The zero-order valence-electron chi connectivity index (χ0n) is 14.7. The normalized spacial score (nSPS) is 22.2. The Morgan fingerprint density at radius 1 is 1.19 bits per heavy atom. The van der Waals surface area contributed by atoms with E-state index in [1.807, 2.05) is 31.2 Å². The van der Waals surface area contributed by atoms with E-state index >= 15 is 0 Å². The summed E-state index contributed by atoms with van der Waals surface area (Å²) in [5.41, 5.74) is 2.27. The third-order valence-corrected chi connectivity index (χ3v) is 4.77. The Balaban J connectivity index is 1.66. The van der Waals surface area contributed by atoms with Crippen molar-refractivity contribution in [3.63, 3.8) is 0 Å². The summed E-state index contributed by atoms with van der Waals surface area (Å²) in [5, 5.41) is 15.6. The van der Waals surface area contributed by atoms with E-state index in [-0.39, 0.29) is 30.2 Å². The van der Waals surface area contributed by atoms with Gasteiger partial charge in [0.05, 0.1) is 12.2 Å². The summed E-state index contributed by atoms with van der Waals surface area (Å²) >= 11 is 0. The number of aliphatic hydroxyl groups excluding tert-OH is 1. The third-order valence-electron chi connectivity index (χ3n) is 4.77. The van der Waals surface area contributed by atoms with Crippen molar-refractivity contribution < 1.29 is 14.3 Å². The van der Waals surface area contributed by atoms with Gasteiger partial charge in [-0.2, -0.15) is 0 Å². The summed E-state index contributed by atoms with van der Waals surface area (Å²) in [5.74, 6) is -0.865. The Morgan fingerprint density at radius 3 is 2.58 bits per heavy atom. The fourth-order valence-corrected chi connectivity index (χ4v) is 3.43. The molecule has 2 aromatic carbocycles. The first-order valence-corrected chi connectivity index (χ1v) is 8.76. The number of benzene rings is 2. The maximum atomic E-state index is 13.7. The highest BCUT2D eigenvalue weighted by molar-refractivity contribution is 5.94. The lowest BCUT2D eigenvalue weighted by molar-refractivity contribution is 0.0906. The standard InChI is InChI=1S/C21H23FN2O2/c1-2-5-14-8-10-15(11-9-14)20-18(24-19(20)13-25)12-23-21(26)16-6-3-4-7-17(16)22/h2-11,18-20,24-25H,12-13H2,1H3,(H,23,26)/b5-2+/t18-,19-,20-/m1/s1. The number of hydrogen-bond donors (Lipinski definition) is 3. The Kier molecular flexibility index (Phi) is 5.81. The van der Waals surface area contributed by atoms with Crippen molar-refractivity contribution in [3.8, 4) is 0 Å². The highest BCUT2D eigenvalue weighted by atomic mass is 19.1. The van der Waals surface area contributed by atoms with Crippen LogP contribution in [0.5, 0.6) is 0 Å². The Labute approximate surface area is 152 Å². The molecule has 1 fully saturated rings. The number of rotatable bonds is 6. The zero-order valence-corrected chi connectivity index (χ0v) is 14.7. The van der Waals surface area contributed by atoms with Gasteiger partial charge in [-0.3, -0.25) is 4.79 Å². The summed E-state index contributed by atoms with van der Waals surface area (Å²) in [6, 6.07) is 14.1. The van der Waals surface area contributed by atoms with Crippen molar-refractivity contribution in [1.82, 2.24) is 10.6 Å². The number of carbonyl (C=O) groups excluding carboxylic acids is 1. The molecule has 3 rings (SSSR count). The lowest BCUT2D eigenvalue weighted by atomic mass is 9.77. The molecule has 0 spiro atoms.